The maximum Gasteiger partial charge on any atom is 0.171 e. The molecule has 1 N–H and O–H groups in total. The van der Waals surface area contributed by atoms with Crippen LogP contribution >= 0.6 is 12.3 Å². The quantitative estimate of drug-likeness (QED) is 0.741. The van der Waals surface area contributed by atoms with Gasteiger partial charge in [0.2, 0.25) is 0 Å². The number of nitrogens with zero attached hydrogens (tertiary/aromatic N) is 3. The van der Waals surface area contributed by atoms with Crippen LogP contribution in [0.3, 0.4) is 0 Å². The molecule has 3 aromatic heterocycles. The van der Waals surface area contributed by atoms with Crippen molar-refractivity contribution in [1.29, 1.82) is 0 Å². The van der Waals surface area contributed by atoms with Crippen molar-refractivity contribution >= 4 is 23.4 Å². The number of hydrogen-bond acceptors (Lipinski definition) is 3. The molecule has 0 radical (unpaired) electrons. The fourth-order valence-electron chi connectivity index (χ4n) is 1.72. The van der Waals surface area contributed by atoms with Crippen molar-refractivity contribution < 1.29 is 3.89 Å². The van der Waals surface area contributed by atoms with Gasteiger partial charge in [0, 0.05) is 29.5 Å². The van der Waals surface area contributed by atoms with E-state index in [1.807, 2.05) is 12.1 Å². The third kappa shape index (κ3) is 1.30. The molecule has 0 aliphatic carbocycles. The van der Waals surface area contributed by atoms with E-state index in [9.17, 15) is 3.89 Å². The van der Waals surface area contributed by atoms with Crippen LogP contribution in [0.1, 0.15) is 0 Å². The monoisotopic (exact) mass is 234 g/mol. The fraction of sp³-hybridized carbons (Fsp3) is 0. The van der Waals surface area contributed by atoms with Gasteiger partial charge < -0.3 is 0 Å². The Hall–Kier alpha value is -1.82. The molecule has 0 spiro atoms. The van der Waals surface area contributed by atoms with Crippen molar-refractivity contribution in [3.05, 3.63) is 36.9 Å². The number of rotatable bonds is 2. The predicted molar refractivity (Wildman–Crippen MR) is 61.4 cm³/mol. The molecule has 0 saturated carbocycles. The second-order valence-corrected chi connectivity index (χ2v) is 3.82. The van der Waals surface area contributed by atoms with Gasteiger partial charge in [-0.05, 0) is 17.7 Å². The minimum atomic E-state index is 0.142. The van der Waals surface area contributed by atoms with Gasteiger partial charge in [0.25, 0.3) is 0 Å². The summed E-state index contributed by atoms with van der Waals surface area (Å²) in [6.45, 7) is 0. The predicted octanol–water partition coefficient (Wildman–Crippen LogP) is 2.81. The molecule has 0 aliphatic rings. The summed E-state index contributed by atoms with van der Waals surface area (Å²) in [4.78, 5) is 4.15. The van der Waals surface area contributed by atoms with E-state index in [1.54, 1.807) is 24.8 Å². The average molecular weight is 234 g/mol. The molecular weight excluding hydrogens is 227 g/mol. The van der Waals surface area contributed by atoms with Gasteiger partial charge in [-0.2, -0.15) is 5.10 Å². The lowest BCUT2D eigenvalue weighted by atomic mass is 10.1. The van der Waals surface area contributed by atoms with Crippen LogP contribution in [-0.2, 0) is 0 Å². The van der Waals surface area contributed by atoms with E-state index in [-0.39, 0.29) is 12.3 Å². The Balaban J connectivity index is 2.30. The Bertz CT molecular complexity index is 617. The van der Waals surface area contributed by atoms with E-state index < -0.39 is 0 Å². The minimum absolute atomic E-state index is 0.142. The van der Waals surface area contributed by atoms with E-state index in [1.165, 1.54) is 3.97 Å². The van der Waals surface area contributed by atoms with Gasteiger partial charge in [0.15, 0.2) is 18.0 Å². The van der Waals surface area contributed by atoms with Crippen LogP contribution in [0.15, 0.2) is 36.9 Å². The van der Waals surface area contributed by atoms with Gasteiger partial charge in [-0.15, -0.1) is 3.89 Å². The number of nitrogens with one attached hydrogen (secondary N) is 1. The van der Waals surface area contributed by atoms with Crippen molar-refractivity contribution in [2.75, 3.05) is 0 Å². The molecule has 3 aromatic rings. The summed E-state index contributed by atoms with van der Waals surface area (Å²) in [5.74, 6) is 0. The number of H-pyrrole nitrogens is 1. The summed E-state index contributed by atoms with van der Waals surface area (Å²) in [5.41, 5.74) is 2.58. The maximum atomic E-state index is 12.6. The molecule has 0 aliphatic heterocycles. The molecule has 0 saturated heterocycles. The lowest BCUT2D eigenvalue weighted by Crippen LogP contribution is -1.85. The highest BCUT2D eigenvalue weighted by Crippen LogP contribution is 2.29. The molecule has 6 heteroatoms. The standard InChI is InChI=1S/C10H7FN4S/c11-16-15-4-2-9-8(1-3-12-10(9)15)7-5-13-14-6-7/h1-6H,(H,13,14). The van der Waals surface area contributed by atoms with Crippen molar-refractivity contribution in [2.45, 2.75) is 0 Å². The van der Waals surface area contributed by atoms with Crippen molar-refractivity contribution in [2.24, 2.45) is 0 Å². The molecule has 3 rings (SSSR count). The zero-order valence-corrected chi connectivity index (χ0v) is 8.91. The first-order valence-electron chi connectivity index (χ1n) is 4.64. The molecule has 0 amide bonds. The van der Waals surface area contributed by atoms with Crippen LogP contribution < -0.4 is 0 Å². The summed E-state index contributed by atoms with van der Waals surface area (Å²) in [7, 11) is 0. The topological polar surface area (TPSA) is 46.5 Å². The summed E-state index contributed by atoms with van der Waals surface area (Å²) < 4.78 is 14.0. The molecule has 4 nitrogen and oxygen atoms in total. The largest absolute Gasteiger partial charge is 0.285 e. The molecule has 16 heavy (non-hydrogen) atoms. The molecule has 0 aromatic carbocycles. The highest BCUT2D eigenvalue weighted by atomic mass is 32.2. The van der Waals surface area contributed by atoms with E-state index in [0.717, 1.165) is 16.5 Å². The zero-order chi connectivity index (χ0) is 11.0. The third-order valence-electron chi connectivity index (χ3n) is 2.44. The van der Waals surface area contributed by atoms with E-state index in [2.05, 4.69) is 15.2 Å². The maximum absolute atomic E-state index is 12.6. The Kier molecular flexibility index (Phi) is 2.14. The van der Waals surface area contributed by atoms with E-state index in [4.69, 9.17) is 0 Å². The van der Waals surface area contributed by atoms with Crippen LogP contribution in [0.25, 0.3) is 22.2 Å². The van der Waals surface area contributed by atoms with Crippen LogP contribution in [0.4, 0.5) is 3.89 Å². The molecule has 0 unspecified atom stereocenters. The number of fused-ring (bicyclic) bond motifs is 1. The van der Waals surface area contributed by atoms with Gasteiger partial charge in [0.05, 0.1) is 6.20 Å². The Morgan fingerprint density at radius 3 is 3.06 bits per heavy atom. The Morgan fingerprint density at radius 2 is 2.31 bits per heavy atom. The molecule has 80 valence electrons. The Labute approximate surface area is 94.9 Å². The zero-order valence-electron chi connectivity index (χ0n) is 8.09. The van der Waals surface area contributed by atoms with Crippen molar-refractivity contribution in [3.8, 4) is 11.1 Å². The Morgan fingerprint density at radius 1 is 1.38 bits per heavy atom. The lowest BCUT2D eigenvalue weighted by molar-refractivity contribution is 0.919. The highest BCUT2D eigenvalue weighted by Gasteiger charge is 2.09. The SMILES string of the molecule is FSn1ccc2c(-c3cn[nH]c3)ccnc21. The molecular formula is C10H7FN4S. The second-order valence-electron chi connectivity index (χ2n) is 3.29. The van der Waals surface area contributed by atoms with Gasteiger partial charge in [-0.25, -0.2) is 8.96 Å². The number of hydrogen-bond donors (Lipinski definition) is 1. The minimum Gasteiger partial charge on any atom is -0.285 e. The van der Waals surface area contributed by atoms with Gasteiger partial charge >= 0.3 is 0 Å². The normalized spacial score (nSPS) is 11.1. The first-order valence-corrected chi connectivity index (χ1v) is 5.32. The van der Waals surface area contributed by atoms with Crippen LogP contribution in [0.5, 0.6) is 0 Å². The third-order valence-corrected chi connectivity index (χ3v) is 2.88. The van der Waals surface area contributed by atoms with Crippen molar-refractivity contribution in [3.63, 3.8) is 0 Å². The summed E-state index contributed by atoms with van der Waals surface area (Å²) in [5, 5.41) is 7.57. The summed E-state index contributed by atoms with van der Waals surface area (Å²) in [6, 6.07) is 3.73. The molecule has 0 bridgehead atoms. The number of pyridine rings is 1. The lowest BCUT2D eigenvalue weighted by Gasteiger charge is -2.00. The number of halogens is 1. The summed E-state index contributed by atoms with van der Waals surface area (Å²) >= 11 is 0.142. The summed E-state index contributed by atoms with van der Waals surface area (Å²) in [6.07, 6.45) is 6.85. The van der Waals surface area contributed by atoms with Crippen LogP contribution in [-0.4, -0.2) is 19.2 Å². The smallest absolute Gasteiger partial charge is 0.171 e. The first-order chi connectivity index (χ1) is 7.90. The number of aromatic amines is 1. The molecule has 0 fully saturated rings. The first kappa shape index (κ1) is 9.41. The van der Waals surface area contributed by atoms with E-state index >= 15 is 0 Å². The fourth-order valence-corrected chi connectivity index (χ4v) is 2.04. The average Bonchev–Trinajstić information content (AvgIpc) is 2.97. The number of aromatic nitrogens is 4. The van der Waals surface area contributed by atoms with Crippen LogP contribution in [0.2, 0.25) is 0 Å². The van der Waals surface area contributed by atoms with Crippen molar-refractivity contribution in [1.82, 2.24) is 19.2 Å². The van der Waals surface area contributed by atoms with Crippen LogP contribution in [0, 0.1) is 0 Å². The van der Waals surface area contributed by atoms with Gasteiger partial charge in [-0.3, -0.25) is 5.10 Å². The molecule has 0 atom stereocenters. The second kappa shape index (κ2) is 3.64. The van der Waals surface area contributed by atoms with Gasteiger partial charge in [-0.1, -0.05) is 0 Å². The highest BCUT2D eigenvalue weighted by molar-refractivity contribution is 7.92. The van der Waals surface area contributed by atoms with Gasteiger partial charge in [0.1, 0.15) is 0 Å². The molecule has 3 heterocycles. The van der Waals surface area contributed by atoms with E-state index in [0.29, 0.717) is 5.65 Å².